The predicted molar refractivity (Wildman–Crippen MR) is 66.1 cm³/mol. The fourth-order valence-electron chi connectivity index (χ4n) is 2.43. The van der Waals surface area contributed by atoms with Crippen molar-refractivity contribution in [2.24, 2.45) is 0 Å². The summed E-state index contributed by atoms with van der Waals surface area (Å²) in [5.41, 5.74) is 0. The lowest BCUT2D eigenvalue weighted by atomic mass is 10.2. The van der Waals surface area contributed by atoms with E-state index in [1.807, 2.05) is 7.05 Å². The van der Waals surface area contributed by atoms with Gasteiger partial charge in [0.15, 0.2) is 0 Å². The molecule has 0 spiro atoms. The summed E-state index contributed by atoms with van der Waals surface area (Å²) < 4.78 is 5.55. The Morgan fingerprint density at radius 1 is 1.50 bits per heavy atom. The summed E-state index contributed by atoms with van der Waals surface area (Å²) in [4.78, 5) is 27.0. The molecule has 18 heavy (non-hydrogen) atoms. The number of hydrogen-bond donors (Lipinski definition) is 1. The molecular formula is C12H21N3O3. The summed E-state index contributed by atoms with van der Waals surface area (Å²) in [6.45, 7) is 3.50. The van der Waals surface area contributed by atoms with Gasteiger partial charge in [-0.25, -0.2) is 0 Å². The number of likely N-dealkylation sites (tertiary alicyclic amines) is 1. The number of nitrogens with one attached hydrogen (secondary N) is 1. The first-order valence-corrected chi connectivity index (χ1v) is 6.52. The van der Waals surface area contributed by atoms with Crippen molar-refractivity contribution in [3.8, 4) is 0 Å². The second-order valence-corrected chi connectivity index (χ2v) is 4.81. The van der Waals surface area contributed by atoms with Crippen molar-refractivity contribution in [1.82, 2.24) is 15.1 Å². The number of nitrogens with zero attached hydrogens (tertiary/aromatic N) is 2. The number of hydrogen-bond acceptors (Lipinski definition) is 4. The standard InChI is InChI=1S/C12H21N3O3/c1-13-7-10-8-15(5-6-18-10)12(17)9-14-4-2-3-11(14)16/h10,13H,2-9H2,1H3. The Hall–Kier alpha value is -1.14. The number of amides is 2. The first kappa shape index (κ1) is 13.3. The monoisotopic (exact) mass is 255 g/mol. The predicted octanol–water partition coefficient (Wildman–Crippen LogP) is -0.944. The number of carbonyl (C=O) groups is 2. The van der Waals surface area contributed by atoms with Crippen molar-refractivity contribution in [2.75, 3.05) is 46.4 Å². The quantitative estimate of drug-likeness (QED) is 0.704. The molecule has 0 aromatic rings. The topological polar surface area (TPSA) is 61.9 Å². The van der Waals surface area contributed by atoms with Crippen molar-refractivity contribution in [1.29, 1.82) is 0 Å². The fourth-order valence-corrected chi connectivity index (χ4v) is 2.43. The number of rotatable bonds is 4. The van der Waals surface area contributed by atoms with E-state index in [1.54, 1.807) is 9.80 Å². The van der Waals surface area contributed by atoms with Crippen molar-refractivity contribution in [2.45, 2.75) is 18.9 Å². The smallest absolute Gasteiger partial charge is 0.242 e. The van der Waals surface area contributed by atoms with Crippen LogP contribution in [0.5, 0.6) is 0 Å². The maximum atomic E-state index is 12.1. The Balaban J connectivity index is 1.82. The zero-order valence-electron chi connectivity index (χ0n) is 10.9. The summed E-state index contributed by atoms with van der Waals surface area (Å²) in [6, 6.07) is 0. The highest BCUT2D eigenvalue weighted by Gasteiger charge is 2.28. The van der Waals surface area contributed by atoms with Crippen molar-refractivity contribution in [3.05, 3.63) is 0 Å². The van der Waals surface area contributed by atoms with Crippen LogP contribution in [0.4, 0.5) is 0 Å². The SMILES string of the molecule is CNCC1CN(C(=O)CN2CCCC2=O)CCO1. The van der Waals surface area contributed by atoms with Gasteiger partial charge in [0.2, 0.25) is 11.8 Å². The van der Waals surface area contributed by atoms with Crippen LogP contribution in [0.25, 0.3) is 0 Å². The Kier molecular flexibility index (Phi) is 4.54. The van der Waals surface area contributed by atoms with E-state index in [9.17, 15) is 9.59 Å². The molecular weight excluding hydrogens is 234 g/mol. The van der Waals surface area contributed by atoms with Crippen LogP contribution in [-0.4, -0.2) is 74.1 Å². The van der Waals surface area contributed by atoms with Crippen LogP contribution in [0.15, 0.2) is 0 Å². The van der Waals surface area contributed by atoms with Crippen LogP contribution < -0.4 is 5.32 Å². The molecule has 0 aromatic heterocycles. The maximum absolute atomic E-state index is 12.1. The van der Waals surface area contributed by atoms with Gasteiger partial charge in [0.05, 0.1) is 19.3 Å². The third-order valence-corrected chi connectivity index (χ3v) is 3.42. The first-order valence-electron chi connectivity index (χ1n) is 6.52. The zero-order valence-corrected chi connectivity index (χ0v) is 10.9. The van der Waals surface area contributed by atoms with Gasteiger partial charge < -0.3 is 19.9 Å². The molecule has 0 radical (unpaired) electrons. The average molecular weight is 255 g/mol. The molecule has 2 fully saturated rings. The first-order chi connectivity index (χ1) is 8.70. The Labute approximate surface area is 107 Å². The van der Waals surface area contributed by atoms with E-state index in [0.29, 0.717) is 26.1 Å². The molecule has 2 amide bonds. The second-order valence-electron chi connectivity index (χ2n) is 4.81. The van der Waals surface area contributed by atoms with Crippen molar-refractivity contribution >= 4 is 11.8 Å². The molecule has 2 rings (SSSR count). The highest BCUT2D eigenvalue weighted by Crippen LogP contribution is 2.11. The van der Waals surface area contributed by atoms with Crippen molar-refractivity contribution in [3.63, 3.8) is 0 Å². The Morgan fingerprint density at radius 3 is 3.00 bits per heavy atom. The lowest BCUT2D eigenvalue weighted by Gasteiger charge is -2.33. The van der Waals surface area contributed by atoms with E-state index in [-0.39, 0.29) is 24.5 Å². The van der Waals surface area contributed by atoms with E-state index in [1.165, 1.54) is 0 Å². The van der Waals surface area contributed by atoms with Gasteiger partial charge in [-0.3, -0.25) is 9.59 Å². The molecule has 2 heterocycles. The molecule has 1 atom stereocenters. The normalized spacial score (nSPS) is 24.7. The second kappa shape index (κ2) is 6.15. The van der Waals surface area contributed by atoms with Gasteiger partial charge in [0.1, 0.15) is 0 Å². The van der Waals surface area contributed by atoms with Crippen LogP contribution >= 0.6 is 0 Å². The van der Waals surface area contributed by atoms with Crippen LogP contribution in [-0.2, 0) is 14.3 Å². The number of morpholine rings is 1. The summed E-state index contributed by atoms with van der Waals surface area (Å²) in [6.07, 6.45) is 1.51. The summed E-state index contributed by atoms with van der Waals surface area (Å²) in [5, 5.41) is 3.05. The number of carbonyl (C=O) groups excluding carboxylic acids is 2. The lowest BCUT2D eigenvalue weighted by molar-refractivity contribution is -0.143. The minimum absolute atomic E-state index is 0.0367. The summed E-state index contributed by atoms with van der Waals surface area (Å²) in [7, 11) is 1.87. The van der Waals surface area contributed by atoms with Crippen LogP contribution in [0.2, 0.25) is 0 Å². The van der Waals surface area contributed by atoms with Gasteiger partial charge in [0, 0.05) is 32.6 Å². The molecule has 0 aliphatic carbocycles. The molecule has 0 saturated carbocycles. The highest BCUT2D eigenvalue weighted by atomic mass is 16.5. The molecule has 0 aromatic carbocycles. The molecule has 2 aliphatic rings. The third kappa shape index (κ3) is 3.20. The molecule has 0 bridgehead atoms. The van der Waals surface area contributed by atoms with Gasteiger partial charge in [-0.15, -0.1) is 0 Å². The Bertz CT molecular complexity index is 320. The van der Waals surface area contributed by atoms with Gasteiger partial charge in [0.25, 0.3) is 0 Å². The van der Waals surface area contributed by atoms with Crippen LogP contribution in [0.1, 0.15) is 12.8 Å². The molecule has 1 N–H and O–H groups in total. The molecule has 102 valence electrons. The molecule has 6 heteroatoms. The average Bonchev–Trinajstić information content (AvgIpc) is 2.76. The van der Waals surface area contributed by atoms with E-state index in [2.05, 4.69) is 5.32 Å². The highest BCUT2D eigenvalue weighted by molar-refractivity contribution is 5.85. The van der Waals surface area contributed by atoms with E-state index in [4.69, 9.17) is 4.74 Å². The van der Waals surface area contributed by atoms with Crippen molar-refractivity contribution < 1.29 is 14.3 Å². The number of ether oxygens (including phenoxy) is 1. The number of likely N-dealkylation sites (N-methyl/N-ethyl adjacent to an activating group) is 1. The van der Waals surface area contributed by atoms with E-state index >= 15 is 0 Å². The minimum atomic E-state index is 0.0367. The van der Waals surface area contributed by atoms with E-state index in [0.717, 1.165) is 19.5 Å². The minimum Gasteiger partial charge on any atom is -0.373 e. The van der Waals surface area contributed by atoms with E-state index < -0.39 is 0 Å². The summed E-state index contributed by atoms with van der Waals surface area (Å²) in [5.74, 6) is 0.137. The lowest BCUT2D eigenvalue weighted by Crippen LogP contribution is -2.51. The zero-order chi connectivity index (χ0) is 13.0. The third-order valence-electron chi connectivity index (χ3n) is 3.42. The van der Waals surface area contributed by atoms with Gasteiger partial charge in [-0.2, -0.15) is 0 Å². The molecule has 1 unspecified atom stereocenters. The molecule has 6 nitrogen and oxygen atoms in total. The Morgan fingerprint density at radius 2 is 2.33 bits per heavy atom. The maximum Gasteiger partial charge on any atom is 0.242 e. The van der Waals surface area contributed by atoms with Crippen LogP contribution in [0, 0.1) is 0 Å². The molecule has 2 saturated heterocycles. The fraction of sp³-hybridized carbons (Fsp3) is 0.833. The van der Waals surface area contributed by atoms with Crippen LogP contribution in [0.3, 0.4) is 0 Å². The van der Waals surface area contributed by atoms with Gasteiger partial charge in [-0.05, 0) is 13.5 Å². The van der Waals surface area contributed by atoms with Gasteiger partial charge >= 0.3 is 0 Å². The summed E-state index contributed by atoms with van der Waals surface area (Å²) >= 11 is 0. The largest absolute Gasteiger partial charge is 0.373 e. The van der Waals surface area contributed by atoms with Gasteiger partial charge in [-0.1, -0.05) is 0 Å². The molecule has 2 aliphatic heterocycles.